The Balaban J connectivity index is 0.000000195. The first-order valence-corrected chi connectivity index (χ1v) is 5.95. The summed E-state index contributed by atoms with van der Waals surface area (Å²) in [7, 11) is 1.47. The molecule has 0 aromatic rings. The van der Waals surface area contributed by atoms with Crippen molar-refractivity contribution in [2.75, 3.05) is 20.1 Å². The Hall–Kier alpha value is -0.770. The monoisotopic (exact) mass is 213 g/mol. The van der Waals surface area contributed by atoms with Crippen LogP contribution in [-0.2, 0) is 0 Å². The molecule has 2 fully saturated rings. The van der Waals surface area contributed by atoms with E-state index in [2.05, 4.69) is 16.0 Å². The molecule has 2 rings (SSSR count). The zero-order valence-corrected chi connectivity index (χ0v) is 9.67. The zero-order chi connectivity index (χ0) is 11.1. The number of hydrogen-bond acceptors (Lipinski definition) is 2. The number of primary amides is 1. The molecule has 4 nitrogen and oxygen atoms in total. The van der Waals surface area contributed by atoms with Crippen molar-refractivity contribution in [1.82, 2.24) is 10.2 Å². The third kappa shape index (κ3) is 4.51. The maximum absolute atomic E-state index is 9.48. The lowest BCUT2D eigenvalue weighted by atomic mass is 10.2. The summed E-state index contributed by atoms with van der Waals surface area (Å²) in [6.45, 7) is 2.79. The van der Waals surface area contributed by atoms with Crippen molar-refractivity contribution in [2.24, 2.45) is 5.73 Å². The molecular weight excluding hydrogens is 190 g/mol. The number of nitrogens with zero attached hydrogens (tertiary/aromatic N) is 1. The van der Waals surface area contributed by atoms with Gasteiger partial charge in [0.2, 0.25) is 0 Å². The fourth-order valence-corrected chi connectivity index (χ4v) is 2.38. The van der Waals surface area contributed by atoms with Gasteiger partial charge in [-0.15, -0.1) is 0 Å². The molecule has 1 aliphatic carbocycles. The summed E-state index contributed by atoms with van der Waals surface area (Å²) in [5, 5.41) is 2.17. The number of hydrogen-bond donors (Lipinski definition) is 2. The Morgan fingerprint density at radius 3 is 2.07 bits per heavy atom. The van der Waals surface area contributed by atoms with Gasteiger partial charge >= 0.3 is 6.03 Å². The largest absolute Gasteiger partial charge is 0.352 e. The average molecular weight is 213 g/mol. The standard InChI is InChI=1S/C9H17N.C2H6N2O/c1-2-6-9(5-1)10-7-3-4-8-10;1-4-2(3)5/h9H,1-8H2;1H3,(H3,3,4,5). The number of urea groups is 1. The van der Waals surface area contributed by atoms with Gasteiger partial charge in [-0.1, -0.05) is 12.8 Å². The van der Waals surface area contributed by atoms with Crippen LogP contribution >= 0.6 is 0 Å². The summed E-state index contributed by atoms with van der Waals surface area (Å²) in [6.07, 6.45) is 8.86. The Morgan fingerprint density at radius 2 is 1.67 bits per heavy atom. The van der Waals surface area contributed by atoms with Crippen molar-refractivity contribution in [1.29, 1.82) is 0 Å². The summed E-state index contributed by atoms with van der Waals surface area (Å²) < 4.78 is 0. The van der Waals surface area contributed by atoms with Crippen molar-refractivity contribution in [3.8, 4) is 0 Å². The lowest BCUT2D eigenvalue weighted by Crippen LogP contribution is -2.29. The zero-order valence-electron chi connectivity index (χ0n) is 9.67. The number of amides is 2. The molecular formula is C11H23N3O. The summed E-state index contributed by atoms with van der Waals surface area (Å²) in [4.78, 5) is 12.2. The first-order valence-electron chi connectivity index (χ1n) is 5.95. The van der Waals surface area contributed by atoms with Crippen molar-refractivity contribution in [3.63, 3.8) is 0 Å². The third-order valence-electron chi connectivity index (χ3n) is 3.23. The van der Waals surface area contributed by atoms with Crippen molar-refractivity contribution < 1.29 is 4.79 Å². The highest BCUT2D eigenvalue weighted by Gasteiger charge is 2.24. The van der Waals surface area contributed by atoms with Gasteiger partial charge in [-0.05, 0) is 38.8 Å². The number of rotatable bonds is 1. The summed E-state index contributed by atoms with van der Waals surface area (Å²) in [6, 6.07) is 0.493. The highest BCUT2D eigenvalue weighted by atomic mass is 16.2. The SMILES string of the molecule is C1CCC(N2CCCC2)C1.CNC(N)=O. The normalized spacial score (nSPS) is 22.2. The molecule has 0 atom stereocenters. The van der Waals surface area contributed by atoms with Crippen molar-refractivity contribution >= 4 is 6.03 Å². The maximum Gasteiger partial charge on any atom is 0.311 e. The number of likely N-dealkylation sites (tertiary alicyclic amines) is 1. The minimum absolute atomic E-state index is 0.495. The highest BCUT2D eigenvalue weighted by Crippen LogP contribution is 2.25. The fourth-order valence-electron chi connectivity index (χ4n) is 2.38. The van der Waals surface area contributed by atoms with Gasteiger partial charge in [0.15, 0.2) is 0 Å². The maximum atomic E-state index is 9.48. The van der Waals surface area contributed by atoms with E-state index in [1.54, 1.807) is 0 Å². The van der Waals surface area contributed by atoms with E-state index >= 15 is 0 Å². The van der Waals surface area contributed by atoms with Crippen LogP contribution in [0, 0.1) is 0 Å². The van der Waals surface area contributed by atoms with Crippen molar-refractivity contribution in [3.05, 3.63) is 0 Å². The van der Waals surface area contributed by atoms with Crippen LogP contribution in [0.4, 0.5) is 4.79 Å². The Kier molecular flexibility index (Phi) is 5.47. The van der Waals surface area contributed by atoms with E-state index < -0.39 is 6.03 Å². The van der Waals surface area contributed by atoms with Crippen LogP contribution in [0.25, 0.3) is 0 Å². The van der Waals surface area contributed by atoms with Gasteiger partial charge in [-0.25, -0.2) is 4.79 Å². The van der Waals surface area contributed by atoms with Gasteiger partial charge in [0.25, 0.3) is 0 Å². The minimum atomic E-state index is -0.495. The Morgan fingerprint density at radius 1 is 1.20 bits per heavy atom. The number of carbonyl (C=O) groups excluding carboxylic acids is 1. The predicted octanol–water partition coefficient (Wildman–Crippen LogP) is 1.31. The van der Waals surface area contributed by atoms with Crippen LogP contribution in [0.2, 0.25) is 0 Å². The van der Waals surface area contributed by atoms with Gasteiger partial charge < -0.3 is 16.0 Å². The van der Waals surface area contributed by atoms with E-state index in [1.165, 1.54) is 58.7 Å². The molecule has 0 unspecified atom stereocenters. The third-order valence-corrected chi connectivity index (χ3v) is 3.23. The smallest absolute Gasteiger partial charge is 0.311 e. The van der Waals surface area contributed by atoms with Gasteiger partial charge in [-0.2, -0.15) is 0 Å². The molecule has 0 radical (unpaired) electrons. The van der Waals surface area contributed by atoms with Crippen LogP contribution in [0.15, 0.2) is 0 Å². The van der Waals surface area contributed by atoms with Crippen LogP contribution in [-0.4, -0.2) is 37.1 Å². The van der Waals surface area contributed by atoms with Gasteiger partial charge in [0.1, 0.15) is 0 Å². The Labute approximate surface area is 92.2 Å². The topological polar surface area (TPSA) is 58.4 Å². The molecule has 1 heterocycles. The average Bonchev–Trinajstić information content (AvgIpc) is 2.90. The van der Waals surface area contributed by atoms with Crippen molar-refractivity contribution in [2.45, 2.75) is 44.6 Å². The van der Waals surface area contributed by atoms with E-state index in [-0.39, 0.29) is 0 Å². The molecule has 0 aromatic carbocycles. The van der Waals surface area contributed by atoms with E-state index in [1.807, 2.05) is 0 Å². The number of nitrogens with one attached hydrogen (secondary N) is 1. The lowest BCUT2D eigenvalue weighted by Gasteiger charge is -2.22. The fraction of sp³-hybridized carbons (Fsp3) is 0.909. The molecule has 0 bridgehead atoms. The second-order valence-electron chi connectivity index (χ2n) is 4.30. The molecule has 3 N–H and O–H groups in total. The molecule has 2 aliphatic rings. The van der Waals surface area contributed by atoms with E-state index in [9.17, 15) is 4.79 Å². The number of carbonyl (C=O) groups is 1. The summed E-state index contributed by atoms with van der Waals surface area (Å²) in [5.74, 6) is 0. The van der Waals surface area contributed by atoms with Crippen LogP contribution < -0.4 is 11.1 Å². The van der Waals surface area contributed by atoms with Gasteiger partial charge in [0.05, 0.1) is 0 Å². The van der Waals surface area contributed by atoms with Gasteiger partial charge in [-0.3, -0.25) is 0 Å². The van der Waals surface area contributed by atoms with E-state index in [0.29, 0.717) is 0 Å². The second kappa shape index (κ2) is 6.67. The minimum Gasteiger partial charge on any atom is -0.352 e. The molecule has 88 valence electrons. The van der Waals surface area contributed by atoms with E-state index in [4.69, 9.17) is 0 Å². The molecule has 1 saturated heterocycles. The molecule has 0 spiro atoms. The number of nitrogens with two attached hydrogens (primary N) is 1. The summed E-state index contributed by atoms with van der Waals surface area (Å²) >= 11 is 0. The van der Waals surface area contributed by atoms with Gasteiger partial charge in [0, 0.05) is 13.1 Å². The lowest BCUT2D eigenvalue weighted by molar-refractivity contribution is 0.246. The Bertz CT molecular complexity index is 170. The second-order valence-corrected chi connectivity index (χ2v) is 4.30. The van der Waals surface area contributed by atoms with Crippen LogP contribution in [0.5, 0.6) is 0 Å². The first kappa shape index (κ1) is 12.3. The molecule has 1 saturated carbocycles. The quantitative estimate of drug-likeness (QED) is 0.690. The van der Waals surface area contributed by atoms with Crippen LogP contribution in [0.3, 0.4) is 0 Å². The predicted molar refractivity (Wildman–Crippen MR) is 61.7 cm³/mol. The molecule has 1 aliphatic heterocycles. The van der Waals surface area contributed by atoms with E-state index in [0.717, 1.165) is 6.04 Å². The molecule has 0 aromatic heterocycles. The molecule has 4 heteroatoms. The molecule has 15 heavy (non-hydrogen) atoms. The van der Waals surface area contributed by atoms with Crippen LogP contribution in [0.1, 0.15) is 38.5 Å². The first-order chi connectivity index (χ1) is 7.24. The summed E-state index contributed by atoms with van der Waals surface area (Å²) in [5.41, 5.74) is 4.54. The highest BCUT2D eigenvalue weighted by molar-refractivity contribution is 5.71. The molecule has 2 amide bonds.